The average molecular weight is 363 g/mol. The van der Waals surface area contributed by atoms with E-state index in [2.05, 4.69) is 17.7 Å². The second-order valence-corrected chi connectivity index (χ2v) is 7.50. The molecule has 3 rings (SSSR count). The Kier molecular flexibility index (Phi) is 5.29. The SMILES string of the molecule is CC1CCC2(CC1)NC(=O)N(NC(=O)COC(=O)C[C@H]1C=CCC1)C2=O. The van der Waals surface area contributed by atoms with Crippen LogP contribution >= 0.6 is 0 Å². The van der Waals surface area contributed by atoms with E-state index in [1.54, 1.807) is 0 Å². The molecule has 1 saturated heterocycles. The monoisotopic (exact) mass is 363 g/mol. The number of ether oxygens (including phenoxy) is 1. The van der Waals surface area contributed by atoms with Gasteiger partial charge in [-0.3, -0.25) is 19.8 Å². The van der Waals surface area contributed by atoms with E-state index in [1.165, 1.54) is 0 Å². The lowest BCUT2D eigenvalue weighted by Crippen LogP contribution is -2.52. The van der Waals surface area contributed by atoms with Gasteiger partial charge >= 0.3 is 12.0 Å². The smallest absolute Gasteiger partial charge is 0.344 e. The Morgan fingerprint density at radius 3 is 2.69 bits per heavy atom. The van der Waals surface area contributed by atoms with Crippen LogP contribution in [0.15, 0.2) is 12.2 Å². The summed E-state index contributed by atoms with van der Waals surface area (Å²) in [7, 11) is 0. The zero-order chi connectivity index (χ0) is 18.7. The van der Waals surface area contributed by atoms with Gasteiger partial charge in [-0.05, 0) is 50.4 Å². The molecule has 1 atom stereocenters. The van der Waals surface area contributed by atoms with Crippen molar-refractivity contribution < 1.29 is 23.9 Å². The zero-order valence-corrected chi connectivity index (χ0v) is 15.0. The number of nitrogens with zero attached hydrogens (tertiary/aromatic N) is 1. The first-order chi connectivity index (χ1) is 12.4. The Morgan fingerprint density at radius 1 is 1.31 bits per heavy atom. The number of carbonyl (C=O) groups is 4. The van der Waals surface area contributed by atoms with E-state index in [9.17, 15) is 19.2 Å². The molecule has 8 nitrogen and oxygen atoms in total. The van der Waals surface area contributed by atoms with Crippen LogP contribution in [0.4, 0.5) is 4.79 Å². The van der Waals surface area contributed by atoms with Gasteiger partial charge in [-0.25, -0.2) is 4.79 Å². The largest absolute Gasteiger partial charge is 0.455 e. The lowest BCUT2D eigenvalue weighted by atomic mass is 9.77. The summed E-state index contributed by atoms with van der Waals surface area (Å²) in [6.45, 7) is 1.60. The summed E-state index contributed by atoms with van der Waals surface area (Å²) in [6, 6.07) is -0.639. The first-order valence-electron chi connectivity index (χ1n) is 9.18. The van der Waals surface area contributed by atoms with Crippen molar-refractivity contribution in [1.29, 1.82) is 0 Å². The molecule has 1 heterocycles. The Labute approximate surface area is 152 Å². The van der Waals surface area contributed by atoms with Crippen molar-refractivity contribution in [2.24, 2.45) is 11.8 Å². The third kappa shape index (κ3) is 3.89. The lowest BCUT2D eigenvalue weighted by molar-refractivity contribution is -0.151. The third-order valence-corrected chi connectivity index (χ3v) is 5.43. The molecule has 2 N–H and O–H groups in total. The third-order valence-electron chi connectivity index (χ3n) is 5.43. The number of urea groups is 1. The minimum Gasteiger partial charge on any atom is -0.455 e. The number of esters is 1. The van der Waals surface area contributed by atoms with Crippen molar-refractivity contribution in [2.45, 2.75) is 57.4 Å². The molecule has 3 aliphatic rings. The number of hydrogen-bond donors (Lipinski definition) is 2. The highest BCUT2D eigenvalue weighted by Gasteiger charge is 2.52. The Hall–Kier alpha value is -2.38. The minimum atomic E-state index is -0.914. The van der Waals surface area contributed by atoms with Gasteiger partial charge in [0.2, 0.25) is 0 Å². The van der Waals surface area contributed by atoms with E-state index in [4.69, 9.17) is 4.74 Å². The number of nitrogens with one attached hydrogen (secondary N) is 2. The summed E-state index contributed by atoms with van der Waals surface area (Å²) in [5, 5.41) is 3.43. The molecule has 1 aliphatic heterocycles. The minimum absolute atomic E-state index is 0.157. The van der Waals surface area contributed by atoms with E-state index in [-0.39, 0.29) is 12.3 Å². The predicted octanol–water partition coefficient (Wildman–Crippen LogP) is 1.42. The summed E-state index contributed by atoms with van der Waals surface area (Å²) in [4.78, 5) is 48.4. The molecule has 0 aromatic heterocycles. The molecule has 8 heteroatoms. The number of rotatable bonds is 5. The summed E-state index contributed by atoms with van der Waals surface area (Å²) in [5.74, 6) is -0.935. The zero-order valence-electron chi connectivity index (χ0n) is 15.0. The van der Waals surface area contributed by atoms with Gasteiger partial charge in [-0.1, -0.05) is 19.1 Å². The Bertz CT molecular complexity index is 637. The van der Waals surface area contributed by atoms with E-state index in [0.29, 0.717) is 23.8 Å². The number of amides is 4. The van der Waals surface area contributed by atoms with Crippen LogP contribution in [0.2, 0.25) is 0 Å². The molecule has 0 radical (unpaired) electrons. The quantitative estimate of drug-likeness (QED) is 0.437. The number of allylic oxidation sites excluding steroid dienone is 2. The summed E-state index contributed by atoms with van der Waals surface area (Å²) in [5.41, 5.74) is 1.34. The maximum absolute atomic E-state index is 12.6. The van der Waals surface area contributed by atoms with Crippen molar-refractivity contribution in [3.63, 3.8) is 0 Å². The van der Waals surface area contributed by atoms with E-state index < -0.39 is 36.0 Å². The standard InChI is InChI=1S/C18H25N3O5/c1-12-6-8-18(9-7-12)16(24)21(17(25)19-18)20-14(22)11-26-15(23)10-13-4-2-3-5-13/h2,4,12-13H,3,5-11H2,1H3,(H,19,25)(H,20,22)/t12?,13-,18?/m0/s1. The van der Waals surface area contributed by atoms with Gasteiger partial charge in [0.15, 0.2) is 6.61 Å². The van der Waals surface area contributed by atoms with Crippen molar-refractivity contribution in [1.82, 2.24) is 15.8 Å². The number of carbonyl (C=O) groups excluding carboxylic acids is 4. The molecule has 4 amide bonds. The van der Waals surface area contributed by atoms with Gasteiger partial charge in [0.25, 0.3) is 11.8 Å². The second-order valence-electron chi connectivity index (χ2n) is 7.50. The Balaban J connectivity index is 1.47. The van der Waals surface area contributed by atoms with Crippen LogP contribution in [-0.2, 0) is 19.1 Å². The highest BCUT2D eigenvalue weighted by atomic mass is 16.5. The van der Waals surface area contributed by atoms with Gasteiger partial charge in [-0.2, -0.15) is 5.01 Å². The molecular weight excluding hydrogens is 338 g/mol. The lowest BCUT2D eigenvalue weighted by Gasteiger charge is -2.33. The van der Waals surface area contributed by atoms with Crippen LogP contribution < -0.4 is 10.7 Å². The first-order valence-corrected chi connectivity index (χ1v) is 9.18. The highest BCUT2D eigenvalue weighted by Crippen LogP contribution is 2.35. The molecule has 0 aromatic carbocycles. The van der Waals surface area contributed by atoms with Gasteiger partial charge in [0.05, 0.1) is 6.42 Å². The summed E-state index contributed by atoms with van der Waals surface area (Å²) >= 11 is 0. The molecule has 142 valence electrons. The van der Waals surface area contributed by atoms with Crippen molar-refractivity contribution >= 4 is 23.8 Å². The second kappa shape index (κ2) is 7.47. The van der Waals surface area contributed by atoms with Crippen molar-refractivity contribution in [3.8, 4) is 0 Å². The van der Waals surface area contributed by atoms with Crippen LogP contribution in [0.25, 0.3) is 0 Å². The van der Waals surface area contributed by atoms with Gasteiger partial charge in [0, 0.05) is 0 Å². The molecule has 1 spiro atoms. The van der Waals surface area contributed by atoms with Crippen LogP contribution in [0.3, 0.4) is 0 Å². The number of imide groups is 1. The fourth-order valence-corrected chi connectivity index (χ4v) is 3.76. The molecule has 0 unspecified atom stereocenters. The molecule has 2 aliphatic carbocycles. The molecule has 0 bridgehead atoms. The summed E-state index contributed by atoms with van der Waals surface area (Å²) in [6.07, 6.45) is 8.90. The van der Waals surface area contributed by atoms with E-state index in [1.807, 2.05) is 12.2 Å². The fourth-order valence-electron chi connectivity index (χ4n) is 3.76. The number of hydrogen-bond acceptors (Lipinski definition) is 5. The van der Waals surface area contributed by atoms with Crippen LogP contribution in [0, 0.1) is 11.8 Å². The van der Waals surface area contributed by atoms with Gasteiger partial charge in [-0.15, -0.1) is 0 Å². The fraction of sp³-hybridized carbons (Fsp3) is 0.667. The normalized spacial score (nSPS) is 30.6. The van der Waals surface area contributed by atoms with Crippen LogP contribution in [0.1, 0.15) is 51.9 Å². The summed E-state index contributed by atoms with van der Waals surface area (Å²) < 4.78 is 4.94. The van der Waals surface area contributed by atoms with E-state index in [0.717, 1.165) is 25.7 Å². The molecule has 1 saturated carbocycles. The highest BCUT2D eigenvalue weighted by molar-refractivity contribution is 6.08. The van der Waals surface area contributed by atoms with E-state index >= 15 is 0 Å². The first kappa shape index (κ1) is 18.4. The number of hydrazine groups is 1. The van der Waals surface area contributed by atoms with Gasteiger partial charge < -0.3 is 10.1 Å². The van der Waals surface area contributed by atoms with Crippen molar-refractivity contribution in [3.05, 3.63) is 12.2 Å². The molecule has 2 fully saturated rings. The molecule has 26 heavy (non-hydrogen) atoms. The maximum Gasteiger partial charge on any atom is 0.344 e. The predicted molar refractivity (Wildman–Crippen MR) is 91.3 cm³/mol. The van der Waals surface area contributed by atoms with Crippen LogP contribution in [-0.4, -0.2) is 41.0 Å². The van der Waals surface area contributed by atoms with Crippen molar-refractivity contribution in [2.75, 3.05) is 6.61 Å². The topological polar surface area (TPSA) is 105 Å². The Morgan fingerprint density at radius 2 is 2.04 bits per heavy atom. The van der Waals surface area contributed by atoms with Crippen LogP contribution in [0.5, 0.6) is 0 Å². The van der Waals surface area contributed by atoms with Gasteiger partial charge in [0.1, 0.15) is 5.54 Å². The average Bonchev–Trinajstić information content (AvgIpc) is 3.19. The molecular formula is C18H25N3O5. The molecule has 0 aromatic rings. The maximum atomic E-state index is 12.6.